The maximum absolute atomic E-state index is 12.2. The Morgan fingerprint density at radius 1 is 1.28 bits per heavy atom. The molecule has 1 heterocycles. The molecule has 0 radical (unpaired) electrons. The summed E-state index contributed by atoms with van der Waals surface area (Å²) in [5.41, 5.74) is 1.19. The molecular weight excluding hydrogens is 324 g/mol. The molecule has 0 aliphatic carbocycles. The summed E-state index contributed by atoms with van der Waals surface area (Å²) < 4.78 is 0. The molecule has 7 heteroatoms. The highest BCUT2D eigenvalue weighted by molar-refractivity contribution is 6.03. The maximum Gasteiger partial charge on any atom is 0.326 e. The first-order valence-corrected chi connectivity index (χ1v) is 8.28. The zero-order valence-electron chi connectivity index (χ0n) is 14.2. The second kappa shape index (κ2) is 7.92. The molecule has 3 N–H and O–H groups in total. The average molecular weight is 346 g/mol. The van der Waals surface area contributed by atoms with E-state index in [0.29, 0.717) is 18.4 Å². The summed E-state index contributed by atoms with van der Waals surface area (Å²) in [5.74, 6) is -2.61. The Morgan fingerprint density at radius 2 is 1.92 bits per heavy atom. The van der Waals surface area contributed by atoms with Crippen LogP contribution in [0.15, 0.2) is 24.3 Å². The number of carboxylic acid groups (broad SMARTS) is 1. The van der Waals surface area contributed by atoms with Gasteiger partial charge in [0.1, 0.15) is 6.04 Å². The van der Waals surface area contributed by atoms with E-state index in [2.05, 4.69) is 10.6 Å². The zero-order valence-corrected chi connectivity index (χ0v) is 14.2. The topological polar surface area (TPSA) is 113 Å². The van der Waals surface area contributed by atoms with E-state index < -0.39 is 17.9 Å². The summed E-state index contributed by atoms with van der Waals surface area (Å²) in [6.07, 6.45) is 1.23. The van der Waals surface area contributed by atoms with Gasteiger partial charge in [0.05, 0.1) is 5.92 Å². The quantitative estimate of drug-likeness (QED) is 0.641. The number of amides is 3. The lowest BCUT2D eigenvalue weighted by molar-refractivity contribution is -0.140. The van der Waals surface area contributed by atoms with Crippen LogP contribution in [0.2, 0.25) is 0 Å². The van der Waals surface area contributed by atoms with Gasteiger partial charge in [0.15, 0.2) is 0 Å². The number of carboxylic acids is 1. The van der Waals surface area contributed by atoms with Crippen molar-refractivity contribution in [3.8, 4) is 0 Å². The fourth-order valence-corrected chi connectivity index (χ4v) is 2.76. The van der Waals surface area contributed by atoms with E-state index in [9.17, 15) is 24.3 Å². The number of carbonyl (C=O) groups excluding carboxylic acids is 3. The van der Waals surface area contributed by atoms with Crippen molar-refractivity contribution in [2.75, 3.05) is 0 Å². The summed E-state index contributed by atoms with van der Waals surface area (Å²) in [7, 11) is 0. The van der Waals surface area contributed by atoms with E-state index in [1.807, 2.05) is 6.92 Å². The predicted molar refractivity (Wildman–Crippen MR) is 89.7 cm³/mol. The fourth-order valence-electron chi connectivity index (χ4n) is 2.76. The van der Waals surface area contributed by atoms with Gasteiger partial charge >= 0.3 is 5.97 Å². The highest BCUT2D eigenvalue weighted by Crippen LogP contribution is 2.18. The van der Waals surface area contributed by atoms with Gasteiger partial charge in [-0.1, -0.05) is 32.4 Å². The third-order valence-electron chi connectivity index (χ3n) is 4.53. The van der Waals surface area contributed by atoms with Gasteiger partial charge in [0, 0.05) is 12.0 Å². The van der Waals surface area contributed by atoms with Crippen molar-refractivity contribution in [3.05, 3.63) is 35.4 Å². The molecular formula is C18H22N2O5. The molecule has 1 aliphatic heterocycles. The van der Waals surface area contributed by atoms with E-state index in [4.69, 9.17) is 0 Å². The lowest BCUT2D eigenvalue weighted by atomic mass is 9.96. The van der Waals surface area contributed by atoms with E-state index >= 15 is 0 Å². The second-order valence-electron chi connectivity index (χ2n) is 6.39. The largest absolute Gasteiger partial charge is 0.480 e. The van der Waals surface area contributed by atoms with E-state index in [1.165, 1.54) is 0 Å². The first-order valence-electron chi connectivity index (χ1n) is 8.28. The molecule has 2 rings (SSSR count). The number of benzene rings is 1. The van der Waals surface area contributed by atoms with Crippen LogP contribution < -0.4 is 10.6 Å². The highest BCUT2D eigenvalue weighted by atomic mass is 16.4. The van der Waals surface area contributed by atoms with Gasteiger partial charge in [0.25, 0.3) is 5.91 Å². The van der Waals surface area contributed by atoms with Crippen molar-refractivity contribution in [3.63, 3.8) is 0 Å². The summed E-state index contributed by atoms with van der Waals surface area (Å²) in [4.78, 5) is 46.3. The average Bonchev–Trinajstić information content (AvgIpc) is 2.89. The number of imide groups is 1. The molecule has 1 aromatic rings. The van der Waals surface area contributed by atoms with E-state index in [-0.39, 0.29) is 30.1 Å². The Balaban J connectivity index is 2.01. The first-order chi connectivity index (χ1) is 11.8. The van der Waals surface area contributed by atoms with Crippen LogP contribution in [0.3, 0.4) is 0 Å². The number of hydrogen-bond donors (Lipinski definition) is 3. The predicted octanol–water partition coefficient (Wildman–Crippen LogP) is 1.12. The molecule has 1 aromatic carbocycles. The number of aliphatic carboxylic acids is 1. The molecule has 1 fully saturated rings. The minimum atomic E-state index is -1.06. The van der Waals surface area contributed by atoms with Gasteiger partial charge in [-0.05, 0) is 30.0 Å². The number of rotatable bonds is 7. The Morgan fingerprint density at radius 3 is 2.40 bits per heavy atom. The van der Waals surface area contributed by atoms with Gasteiger partial charge in [-0.15, -0.1) is 0 Å². The van der Waals surface area contributed by atoms with Crippen LogP contribution in [-0.2, 0) is 20.8 Å². The highest BCUT2D eigenvalue weighted by Gasteiger charge is 2.30. The molecule has 134 valence electrons. The van der Waals surface area contributed by atoms with E-state index in [0.717, 1.165) is 5.56 Å². The van der Waals surface area contributed by atoms with Crippen LogP contribution in [-0.4, -0.2) is 34.8 Å². The Labute approximate surface area is 145 Å². The molecule has 0 spiro atoms. The fraction of sp³-hybridized carbons (Fsp3) is 0.444. The van der Waals surface area contributed by atoms with Crippen molar-refractivity contribution in [2.24, 2.45) is 11.8 Å². The summed E-state index contributed by atoms with van der Waals surface area (Å²) in [5, 5.41) is 14.0. The second-order valence-corrected chi connectivity index (χ2v) is 6.39. The third kappa shape index (κ3) is 4.65. The van der Waals surface area contributed by atoms with Gasteiger partial charge in [-0.3, -0.25) is 19.7 Å². The van der Waals surface area contributed by atoms with Crippen molar-refractivity contribution >= 4 is 23.7 Å². The zero-order chi connectivity index (χ0) is 18.6. The van der Waals surface area contributed by atoms with Crippen LogP contribution in [0.4, 0.5) is 0 Å². The first kappa shape index (κ1) is 18.6. The number of nitrogens with one attached hydrogen (secondary N) is 2. The molecule has 3 atom stereocenters. The molecule has 1 aliphatic rings. The minimum absolute atomic E-state index is 0.177. The van der Waals surface area contributed by atoms with Crippen molar-refractivity contribution < 1.29 is 24.3 Å². The molecule has 0 aromatic heterocycles. The Hall–Kier alpha value is -2.70. The van der Waals surface area contributed by atoms with Gasteiger partial charge in [-0.2, -0.15) is 0 Å². The van der Waals surface area contributed by atoms with Crippen LogP contribution in [0, 0.1) is 11.8 Å². The molecule has 3 amide bonds. The maximum atomic E-state index is 12.2. The smallest absolute Gasteiger partial charge is 0.326 e. The minimum Gasteiger partial charge on any atom is -0.480 e. The lowest BCUT2D eigenvalue weighted by Crippen LogP contribution is -2.45. The van der Waals surface area contributed by atoms with Crippen molar-refractivity contribution in [1.82, 2.24) is 10.6 Å². The molecule has 25 heavy (non-hydrogen) atoms. The van der Waals surface area contributed by atoms with Crippen LogP contribution in [0.1, 0.15) is 42.6 Å². The van der Waals surface area contributed by atoms with E-state index in [1.54, 1.807) is 31.2 Å². The van der Waals surface area contributed by atoms with Crippen molar-refractivity contribution in [1.29, 1.82) is 0 Å². The monoisotopic (exact) mass is 346 g/mol. The van der Waals surface area contributed by atoms with Crippen LogP contribution in [0.5, 0.6) is 0 Å². The van der Waals surface area contributed by atoms with Crippen LogP contribution >= 0.6 is 0 Å². The molecule has 1 saturated heterocycles. The molecule has 0 bridgehead atoms. The van der Waals surface area contributed by atoms with Gasteiger partial charge < -0.3 is 10.4 Å². The number of hydrogen-bond acceptors (Lipinski definition) is 4. The summed E-state index contributed by atoms with van der Waals surface area (Å²) in [6.45, 7) is 3.64. The normalized spacial score (nSPS) is 19.2. The van der Waals surface area contributed by atoms with Crippen molar-refractivity contribution in [2.45, 2.75) is 39.2 Å². The lowest BCUT2D eigenvalue weighted by Gasteiger charge is -2.20. The van der Waals surface area contributed by atoms with Gasteiger partial charge in [-0.25, -0.2) is 4.79 Å². The standard InChI is InChI=1S/C18H22N2O5/c1-3-10(2)15(18(24)25)20-16(22)12-6-4-11(5-7-12)8-13-9-14(21)19-17(13)23/h4-7,10,13,15H,3,8-9H2,1-2H3,(H,20,22)(H,24,25)(H,19,21,23)/t10-,13?,15-/m0/s1. The number of carbonyl (C=O) groups is 4. The Kier molecular flexibility index (Phi) is 5.90. The SMILES string of the molecule is CC[C@H](C)[C@H](NC(=O)c1ccc(CC2CC(=O)NC2=O)cc1)C(=O)O. The molecule has 0 saturated carbocycles. The molecule has 7 nitrogen and oxygen atoms in total. The third-order valence-corrected chi connectivity index (χ3v) is 4.53. The molecule has 1 unspecified atom stereocenters. The van der Waals surface area contributed by atoms with Crippen LogP contribution in [0.25, 0.3) is 0 Å². The Bertz CT molecular complexity index is 683. The summed E-state index contributed by atoms with van der Waals surface area (Å²) >= 11 is 0. The van der Waals surface area contributed by atoms with Gasteiger partial charge in [0.2, 0.25) is 11.8 Å². The summed E-state index contributed by atoms with van der Waals surface area (Å²) in [6, 6.07) is 5.67.